The van der Waals surface area contributed by atoms with E-state index in [0.717, 1.165) is 0 Å². The lowest BCUT2D eigenvalue weighted by Crippen LogP contribution is -2.36. The summed E-state index contributed by atoms with van der Waals surface area (Å²) in [5.41, 5.74) is -0.145. The Bertz CT molecular complexity index is 116. The fraction of sp³-hybridized carbons (Fsp3) is 1.00. The molecule has 0 unspecified atom stereocenters. The maximum Gasteiger partial charge on any atom is 0.319 e. The Labute approximate surface area is 78.1 Å². The van der Waals surface area contributed by atoms with Gasteiger partial charge < -0.3 is 8.85 Å². The highest BCUT2D eigenvalue weighted by Gasteiger charge is 2.22. The summed E-state index contributed by atoms with van der Waals surface area (Å²) in [6.07, 6.45) is 0. The molecular formula is C9H22O2Si. The Morgan fingerprint density at radius 2 is 1.00 bits per heavy atom. The van der Waals surface area contributed by atoms with E-state index in [9.17, 15) is 0 Å². The minimum atomic E-state index is -1.45. The molecule has 0 saturated carbocycles. The molecule has 0 aliphatic rings. The average Bonchev–Trinajstić information content (AvgIpc) is 1.49. The molecule has 0 aliphatic heterocycles. The van der Waals surface area contributed by atoms with E-state index < -0.39 is 9.28 Å². The van der Waals surface area contributed by atoms with Crippen molar-refractivity contribution in [1.29, 1.82) is 0 Å². The van der Waals surface area contributed by atoms with Crippen LogP contribution in [0.15, 0.2) is 0 Å². The third kappa shape index (κ3) is 8.24. The van der Waals surface area contributed by atoms with Gasteiger partial charge in [0.15, 0.2) is 0 Å². The van der Waals surface area contributed by atoms with Gasteiger partial charge >= 0.3 is 9.28 Å². The van der Waals surface area contributed by atoms with Crippen LogP contribution in [0, 0.1) is 0 Å². The van der Waals surface area contributed by atoms with Gasteiger partial charge in [0.25, 0.3) is 0 Å². The lowest BCUT2D eigenvalue weighted by Gasteiger charge is -2.29. The van der Waals surface area contributed by atoms with Gasteiger partial charge in [0, 0.05) is 11.2 Å². The van der Waals surface area contributed by atoms with Crippen LogP contribution in [-0.4, -0.2) is 20.5 Å². The first-order chi connectivity index (χ1) is 5.10. The minimum absolute atomic E-state index is 0.0725. The minimum Gasteiger partial charge on any atom is -0.392 e. The predicted octanol–water partition coefficient (Wildman–Crippen LogP) is 2.47. The van der Waals surface area contributed by atoms with E-state index in [-0.39, 0.29) is 11.2 Å². The summed E-state index contributed by atoms with van der Waals surface area (Å²) in [4.78, 5) is 0. The van der Waals surface area contributed by atoms with Crippen LogP contribution < -0.4 is 0 Å². The Morgan fingerprint density at radius 3 is 1.17 bits per heavy atom. The molecule has 0 amide bonds. The molecule has 3 heteroatoms. The maximum atomic E-state index is 5.73. The smallest absolute Gasteiger partial charge is 0.319 e. The van der Waals surface area contributed by atoms with Crippen molar-refractivity contribution in [2.75, 3.05) is 0 Å². The van der Waals surface area contributed by atoms with Gasteiger partial charge in [-0.2, -0.15) is 0 Å². The monoisotopic (exact) mass is 190 g/mol. The summed E-state index contributed by atoms with van der Waals surface area (Å²) in [7, 11) is -1.45. The van der Waals surface area contributed by atoms with Crippen LogP contribution in [0.25, 0.3) is 0 Å². The Balaban J connectivity index is 3.83. The van der Waals surface area contributed by atoms with Gasteiger partial charge in [-0.1, -0.05) is 0 Å². The number of rotatable bonds is 2. The molecule has 2 nitrogen and oxygen atoms in total. The van der Waals surface area contributed by atoms with Gasteiger partial charge in [-0.25, -0.2) is 0 Å². The van der Waals surface area contributed by atoms with Gasteiger partial charge in [0.2, 0.25) is 0 Å². The van der Waals surface area contributed by atoms with Crippen LogP contribution in [0.5, 0.6) is 0 Å². The molecule has 0 radical (unpaired) electrons. The largest absolute Gasteiger partial charge is 0.392 e. The molecule has 12 heavy (non-hydrogen) atoms. The van der Waals surface area contributed by atoms with Crippen LogP contribution in [0.4, 0.5) is 0 Å². The molecule has 0 bridgehead atoms. The first-order valence-corrected chi connectivity index (χ1v) is 6.55. The second-order valence-corrected chi connectivity index (χ2v) is 6.63. The predicted molar refractivity (Wildman–Crippen MR) is 54.7 cm³/mol. The second-order valence-electron chi connectivity index (χ2n) is 5.03. The number of hydrogen-bond donors (Lipinski definition) is 0. The van der Waals surface area contributed by atoms with Gasteiger partial charge in [-0.05, 0) is 48.1 Å². The molecule has 0 aromatic rings. The Morgan fingerprint density at radius 1 is 0.750 bits per heavy atom. The van der Waals surface area contributed by atoms with Gasteiger partial charge in [-0.3, -0.25) is 0 Å². The Kier molecular flexibility index (Phi) is 3.94. The van der Waals surface area contributed by atoms with E-state index in [1.807, 2.05) is 0 Å². The zero-order valence-corrected chi connectivity index (χ0v) is 10.5. The first kappa shape index (κ1) is 12.1. The van der Waals surface area contributed by atoms with Crippen molar-refractivity contribution in [3.8, 4) is 0 Å². The lowest BCUT2D eigenvalue weighted by molar-refractivity contribution is 0.0372. The van der Waals surface area contributed by atoms with Crippen molar-refractivity contribution in [2.45, 2.75) is 59.3 Å². The highest BCUT2D eigenvalue weighted by atomic mass is 28.3. The molecule has 0 aliphatic carbocycles. The van der Waals surface area contributed by atoms with Crippen LogP contribution >= 0.6 is 0 Å². The third-order valence-corrected chi connectivity index (χ3v) is 3.12. The van der Waals surface area contributed by atoms with Gasteiger partial charge in [0.1, 0.15) is 0 Å². The standard InChI is InChI=1S/C9H22O2Si/c1-8(2,3)10-12(7)11-9(4,5)6/h12H,1-7H3. The van der Waals surface area contributed by atoms with Crippen molar-refractivity contribution >= 4 is 9.28 Å². The van der Waals surface area contributed by atoms with Crippen molar-refractivity contribution in [1.82, 2.24) is 0 Å². The first-order valence-electron chi connectivity index (χ1n) is 4.46. The maximum absolute atomic E-state index is 5.73. The molecule has 0 aromatic carbocycles. The highest BCUT2D eigenvalue weighted by Crippen LogP contribution is 2.14. The summed E-state index contributed by atoms with van der Waals surface area (Å²) in [6.45, 7) is 14.4. The molecule has 74 valence electrons. The quantitative estimate of drug-likeness (QED) is 0.623. The normalized spacial score (nSPS) is 14.0. The van der Waals surface area contributed by atoms with Gasteiger partial charge in [-0.15, -0.1) is 0 Å². The number of hydrogen-bond acceptors (Lipinski definition) is 2. The molecule has 0 saturated heterocycles. The van der Waals surface area contributed by atoms with Crippen LogP contribution in [0.3, 0.4) is 0 Å². The topological polar surface area (TPSA) is 18.5 Å². The molecule has 0 aromatic heterocycles. The zero-order chi connectivity index (χ0) is 9.99. The fourth-order valence-corrected chi connectivity index (χ4v) is 3.06. The summed E-state index contributed by atoms with van der Waals surface area (Å²) in [6, 6.07) is 0. The SMILES string of the molecule is C[SiH](OC(C)(C)C)OC(C)(C)C. The highest BCUT2D eigenvalue weighted by molar-refractivity contribution is 6.42. The van der Waals surface area contributed by atoms with Crippen molar-refractivity contribution < 1.29 is 8.85 Å². The zero-order valence-electron chi connectivity index (χ0n) is 9.39. The summed E-state index contributed by atoms with van der Waals surface area (Å²) < 4.78 is 11.5. The van der Waals surface area contributed by atoms with E-state index in [4.69, 9.17) is 8.85 Å². The van der Waals surface area contributed by atoms with E-state index in [1.165, 1.54) is 0 Å². The van der Waals surface area contributed by atoms with E-state index in [1.54, 1.807) is 0 Å². The molecule has 0 N–H and O–H groups in total. The third-order valence-electron chi connectivity index (χ3n) is 1.04. The van der Waals surface area contributed by atoms with Crippen molar-refractivity contribution in [2.24, 2.45) is 0 Å². The lowest BCUT2D eigenvalue weighted by atomic mass is 10.2. The fourth-order valence-electron chi connectivity index (χ4n) is 1.02. The molecule has 0 rings (SSSR count). The average molecular weight is 190 g/mol. The molecular weight excluding hydrogens is 168 g/mol. The van der Waals surface area contributed by atoms with Gasteiger partial charge in [0.05, 0.1) is 0 Å². The van der Waals surface area contributed by atoms with E-state index >= 15 is 0 Å². The summed E-state index contributed by atoms with van der Waals surface area (Å²) in [5.74, 6) is 0. The summed E-state index contributed by atoms with van der Waals surface area (Å²) >= 11 is 0. The molecule has 0 heterocycles. The van der Waals surface area contributed by atoms with E-state index in [0.29, 0.717) is 0 Å². The second kappa shape index (κ2) is 3.90. The van der Waals surface area contributed by atoms with Crippen molar-refractivity contribution in [3.05, 3.63) is 0 Å². The van der Waals surface area contributed by atoms with Crippen LogP contribution in [-0.2, 0) is 8.85 Å². The summed E-state index contributed by atoms with van der Waals surface area (Å²) in [5, 5.41) is 0. The van der Waals surface area contributed by atoms with Crippen LogP contribution in [0.2, 0.25) is 6.55 Å². The van der Waals surface area contributed by atoms with Crippen LogP contribution in [0.1, 0.15) is 41.5 Å². The van der Waals surface area contributed by atoms with Crippen molar-refractivity contribution in [3.63, 3.8) is 0 Å². The molecule has 0 fully saturated rings. The van der Waals surface area contributed by atoms with E-state index in [2.05, 4.69) is 48.1 Å². The molecule has 0 atom stereocenters. The Hall–Kier alpha value is 0.137. The molecule has 0 spiro atoms.